The zero-order chi connectivity index (χ0) is 41.5. The van der Waals surface area contributed by atoms with Gasteiger partial charge in [0.15, 0.2) is 18.4 Å². The molecule has 16 atom stereocenters. The van der Waals surface area contributed by atoms with Crippen LogP contribution in [-0.4, -0.2) is 178 Å². The Kier molecular flexibility index (Phi) is 13.5. The first-order valence-corrected chi connectivity index (χ1v) is 18.2. The minimum absolute atomic E-state index is 0.00654. The molecule has 20 nitrogen and oxygen atoms in total. The van der Waals surface area contributed by atoms with Gasteiger partial charge in [-0.1, -0.05) is 0 Å². The molecule has 3 fully saturated rings. The molecule has 1 unspecified atom stereocenters. The number of methoxy groups -OCH3 is 3. The van der Waals surface area contributed by atoms with Gasteiger partial charge < -0.3 is 93.3 Å². The monoisotopic (exact) mass is 814 g/mol. The maximum Gasteiger partial charge on any atom is 0.229 e. The van der Waals surface area contributed by atoms with E-state index in [1.165, 1.54) is 34.3 Å². The third kappa shape index (κ3) is 8.38. The molecule has 4 heterocycles. The van der Waals surface area contributed by atoms with E-state index in [1.807, 2.05) is 0 Å². The molecule has 2 aromatic rings. The van der Waals surface area contributed by atoms with Crippen molar-refractivity contribution in [3.63, 3.8) is 0 Å². The van der Waals surface area contributed by atoms with Crippen LogP contribution in [0.1, 0.15) is 40.9 Å². The van der Waals surface area contributed by atoms with Crippen molar-refractivity contribution in [3.8, 4) is 28.7 Å². The van der Waals surface area contributed by atoms with Crippen molar-refractivity contribution in [2.75, 3.05) is 34.5 Å². The molecule has 0 saturated carbocycles. The number of benzene rings is 2. The molecule has 2 aromatic carbocycles. The van der Waals surface area contributed by atoms with Crippen LogP contribution in [0.5, 0.6) is 28.7 Å². The van der Waals surface area contributed by atoms with Gasteiger partial charge in [0.25, 0.3) is 0 Å². The van der Waals surface area contributed by atoms with Gasteiger partial charge in [0.2, 0.25) is 6.29 Å². The normalized spacial score (nSPS) is 38.2. The highest BCUT2D eigenvalue weighted by Crippen LogP contribution is 2.47. The second-order valence-corrected chi connectivity index (χ2v) is 14.2. The first kappa shape index (κ1) is 43.1. The molecular formula is C37H50O20. The number of aliphatic hydroxyl groups is 9. The quantitative estimate of drug-likeness (QED) is 0.108. The highest BCUT2D eigenvalue weighted by Gasteiger charge is 2.51. The van der Waals surface area contributed by atoms with Crippen molar-refractivity contribution in [2.24, 2.45) is 0 Å². The molecule has 6 rings (SSSR count). The van der Waals surface area contributed by atoms with Crippen LogP contribution in [-0.2, 0) is 23.7 Å². The van der Waals surface area contributed by atoms with Crippen LogP contribution in [0.15, 0.2) is 24.3 Å². The fourth-order valence-corrected chi connectivity index (χ4v) is 7.24. The number of ether oxygens (including phenoxy) is 10. The zero-order valence-electron chi connectivity index (χ0n) is 31.7. The third-order valence-corrected chi connectivity index (χ3v) is 10.6. The SMILES string of the molecule is COc1ccc(C2CC(=O)c3c(O[C@@H]4O[C@H](CO[C@@H]5O[C@H](CO)[C@@H](O[C@@H]6O[C@@H](C)[C@H](O)[C@@H](O)[C@H]6O)[C@H](O)[C@H]5O)[C@@H](O)[C@H](O)[C@H]4O)cc(OC)c(C)c3O2)c(OC)c1. The van der Waals surface area contributed by atoms with E-state index < -0.39 is 117 Å². The van der Waals surface area contributed by atoms with Crippen LogP contribution >= 0.6 is 0 Å². The summed E-state index contributed by atoms with van der Waals surface area (Å²) in [6.07, 6.45) is -25.3. The summed E-state index contributed by atoms with van der Waals surface area (Å²) >= 11 is 0. The Balaban J connectivity index is 1.17. The van der Waals surface area contributed by atoms with E-state index in [4.69, 9.17) is 47.4 Å². The Hall–Kier alpha value is -3.45. The van der Waals surface area contributed by atoms with Gasteiger partial charge >= 0.3 is 0 Å². The van der Waals surface area contributed by atoms with E-state index in [0.29, 0.717) is 22.6 Å². The molecule has 0 bridgehead atoms. The highest BCUT2D eigenvalue weighted by molar-refractivity contribution is 6.03. The summed E-state index contributed by atoms with van der Waals surface area (Å²) in [6, 6.07) is 6.48. The Morgan fingerprint density at radius 1 is 0.702 bits per heavy atom. The summed E-state index contributed by atoms with van der Waals surface area (Å²) in [5.74, 6) is 0.817. The first-order chi connectivity index (χ1) is 27.1. The summed E-state index contributed by atoms with van der Waals surface area (Å²) in [5.41, 5.74) is 1.05. The smallest absolute Gasteiger partial charge is 0.229 e. The predicted octanol–water partition coefficient (Wildman–Crippen LogP) is -2.42. The molecule has 20 heteroatoms. The molecule has 4 aliphatic rings. The van der Waals surface area contributed by atoms with Gasteiger partial charge in [-0.05, 0) is 26.0 Å². The average Bonchev–Trinajstić information content (AvgIpc) is 3.21. The second kappa shape index (κ2) is 17.8. The lowest BCUT2D eigenvalue weighted by Crippen LogP contribution is -2.64. The van der Waals surface area contributed by atoms with E-state index in [-0.39, 0.29) is 29.2 Å². The van der Waals surface area contributed by atoms with E-state index in [2.05, 4.69) is 0 Å². The van der Waals surface area contributed by atoms with E-state index >= 15 is 0 Å². The molecule has 0 amide bonds. The lowest BCUT2D eigenvalue weighted by Gasteiger charge is -2.46. The van der Waals surface area contributed by atoms with Crippen LogP contribution in [0.4, 0.5) is 0 Å². The number of hydrogen-bond donors (Lipinski definition) is 9. The minimum atomic E-state index is -1.87. The first-order valence-electron chi connectivity index (χ1n) is 18.2. The topological polar surface area (TPSA) is 291 Å². The predicted molar refractivity (Wildman–Crippen MR) is 188 cm³/mol. The summed E-state index contributed by atoms with van der Waals surface area (Å²) in [7, 11) is 4.38. The maximum atomic E-state index is 13.8. The summed E-state index contributed by atoms with van der Waals surface area (Å²) in [4.78, 5) is 13.8. The van der Waals surface area contributed by atoms with Gasteiger partial charge in [-0.15, -0.1) is 0 Å². The summed E-state index contributed by atoms with van der Waals surface area (Å²) in [5, 5.41) is 95.1. The molecule has 0 radical (unpaired) electrons. The second-order valence-electron chi connectivity index (χ2n) is 14.2. The average molecular weight is 815 g/mol. The van der Waals surface area contributed by atoms with Crippen molar-refractivity contribution >= 4 is 5.78 Å². The maximum absolute atomic E-state index is 13.8. The number of carbonyl (C=O) groups excluding carboxylic acids is 1. The van der Waals surface area contributed by atoms with Crippen molar-refractivity contribution in [3.05, 3.63) is 41.0 Å². The molecule has 57 heavy (non-hydrogen) atoms. The number of fused-ring (bicyclic) bond motifs is 1. The van der Waals surface area contributed by atoms with Gasteiger partial charge in [-0.2, -0.15) is 0 Å². The zero-order valence-corrected chi connectivity index (χ0v) is 31.7. The fraction of sp³-hybridized carbons (Fsp3) is 0.649. The van der Waals surface area contributed by atoms with E-state index in [1.54, 1.807) is 25.1 Å². The van der Waals surface area contributed by atoms with Crippen LogP contribution < -0.4 is 23.7 Å². The number of carbonyl (C=O) groups is 1. The van der Waals surface area contributed by atoms with Gasteiger partial charge in [0.05, 0.1) is 47.1 Å². The lowest BCUT2D eigenvalue weighted by molar-refractivity contribution is -0.361. The highest BCUT2D eigenvalue weighted by atomic mass is 16.8. The molecule has 318 valence electrons. The Labute approximate surface area is 326 Å². The lowest BCUT2D eigenvalue weighted by atomic mass is 9.93. The number of Topliss-reactive ketones (excluding diaryl/α,β-unsaturated/α-hetero) is 1. The van der Waals surface area contributed by atoms with Crippen molar-refractivity contribution in [1.82, 2.24) is 0 Å². The van der Waals surface area contributed by atoms with Crippen molar-refractivity contribution < 1.29 is 98.1 Å². The standard InChI is InChI=1S/C37H50O20/c1-13-18(49-4)10-21(24-17(39)9-20(53-33(13)24)16-7-6-15(48-3)8-19(16)50-5)54-37-31(46)28(43)26(41)23(56-37)12-51-35-32(47)29(44)34(22(11-38)55-35)57-36-30(45)27(42)25(40)14(2)52-36/h6-8,10,14,20,22-23,25-32,34-38,40-47H,9,11-12H2,1-5H3/t14-,20?,22+,23+,25-,26+,27+,28-,29+,30+,31+,32+,34+,35+,36-,37+/m0/s1. The number of rotatable bonds is 12. The Bertz CT molecular complexity index is 1710. The Morgan fingerprint density at radius 2 is 1.35 bits per heavy atom. The van der Waals surface area contributed by atoms with Crippen LogP contribution in [0, 0.1) is 6.92 Å². The minimum Gasteiger partial charge on any atom is -0.497 e. The molecule has 9 N–H and O–H groups in total. The summed E-state index contributed by atoms with van der Waals surface area (Å²) in [6.45, 7) is 1.66. The number of hydrogen-bond acceptors (Lipinski definition) is 20. The van der Waals surface area contributed by atoms with Gasteiger partial charge in [-0.25, -0.2) is 0 Å². The number of ketones is 1. The van der Waals surface area contributed by atoms with E-state index in [0.717, 1.165) is 0 Å². The molecule has 4 aliphatic heterocycles. The molecule has 0 aliphatic carbocycles. The Morgan fingerprint density at radius 3 is 2.02 bits per heavy atom. The number of aliphatic hydroxyl groups excluding tert-OH is 9. The van der Waals surface area contributed by atoms with Crippen molar-refractivity contribution in [2.45, 2.75) is 118 Å². The van der Waals surface area contributed by atoms with Crippen LogP contribution in [0.25, 0.3) is 0 Å². The third-order valence-electron chi connectivity index (χ3n) is 10.6. The fourth-order valence-electron chi connectivity index (χ4n) is 7.24. The largest absolute Gasteiger partial charge is 0.497 e. The van der Waals surface area contributed by atoms with E-state index in [9.17, 15) is 50.8 Å². The van der Waals surface area contributed by atoms with Gasteiger partial charge in [0, 0.05) is 23.3 Å². The summed E-state index contributed by atoms with van der Waals surface area (Å²) < 4.78 is 56.9. The van der Waals surface area contributed by atoms with Gasteiger partial charge in [0.1, 0.15) is 108 Å². The molecular weight excluding hydrogens is 764 g/mol. The van der Waals surface area contributed by atoms with Gasteiger partial charge in [-0.3, -0.25) is 4.79 Å². The molecule has 0 spiro atoms. The van der Waals surface area contributed by atoms with Crippen LogP contribution in [0.2, 0.25) is 0 Å². The molecule has 3 saturated heterocycles. The van der Waals surface area contributed by atoms with Crippen molar-refractivity contribution in [1.29, 1.82) is 0 Å². The molecule has 0 aromatic heterocycles. The van der Waals surface area contributed by atoms with Crippen LogP contribution in [0.3, 0.4) is 0 Å².